The van der Waals surface area contributed by atoms with E-state index in [0.717, 1.165) is 29.1 Å². The lowest BCUT2D eigenvalue weighted by Gasteiger charge is -2.12. The second-order valence-electron chi connectivity index (χ2n) is 4.66. The monoisotopic (exact) mass is 287 g/mol. The molecule has 2 aromatic rings. The van der Waals surface area contributed by atoms with Crippen molar-refractivity contribution in [2.75, 3.05) is 13.7 Å². The summed E-state index contributed by atoms with van der Waals surface area (Å²) >= 11 is 0. The molecule has 0 radical (unpaired) electrons. The Morgan fingerprint density at radius 2 is 2.05 bits per heavy atom. The number of hydrogen-bond donors (Lipinski definition) is 1. The lowest BCUT2D eigenvalue weighted by atomic mass is 10.1. The maximum Gasteiger partial charge on any atom is 0.271 e. The predicted octanol–water partition coefficient (Wildman–Crippen LogP) is 2.05. The molecule has 5 heteroatoms. The number of ether oxygens (including phenoxy) is 1. The highest BCUT2D eigenvalue weighted by Crippen LogP contribution is 2.27. The van der Waals surface area contributed by atoms with Gasteiger partial charge in [-0.2, -0.15) is 5.10 Å². The zero-order valence-corrected chi connectivity index (χ0v) is 12.7. The Hall–Kier alpha value is -2.14. The normalized spacial score (nSPS) is 10.6. The Kier molecular flexibility index (Phi) is 5.11. The van der Waals surface area contributed by atoms with E-state index < -0.39 is 0 Å². The van der Waals surface area contributed by atoms with Crippen molar-refractivity contribution in [3.63, 3.8) is 0 Å². The number of para-hydroxylation sites is 1. The van der Waals surface area contributed by atoms with E-state index in [0.29, 0.717) is 13.1 Å². The van der Waals surface area contributed by atoms with Gasteiger partial charge in [-0.25, -0.2) is 4.68 Å². The van der Waals surface area contributed by atoms with E-state index in [2.05, 4.69) is 10.4 Å². The number of benzene rings is 1. The summed E-state index contributed by atoms with van der Waals surface area (Å²) in [5.41, 5.74) is 2.31. The largest absolute Gasteiger partial charge is 0.496 e. The summed E-state index contributed by atoms with van der Waals surface area (Å²) in [6.45, 7) is 5.83. The Labute approximate surface area is 124 Å². The topological polar surface area (TPSA) is 56.1 Å². The van der Waals surface area contributed by atoms with E-state index in [1.54, 1.807) is 7.11 Å². The fraction of sp³-hybridized carbons (Fsp3) is 0.375. The molecule has 0 atom stereocenters. The maximum absolute atomic E-state index is 12.3. The maximum atomic E-state index is 12.3. The highest BCUT2D eigenvalue weighted by Gasteiger charge is 2.12. The SMILES string of the molecule is CCNCc1cc(-c2ccccc2OC)nn(CC)c1=O. The molecule has 1 aromatic carbocycles. The molecule has 0 aliphatic heterocycles. The van der Waals surface area contributed by atoms with Crippen LogP contribution in [0.2, 0.25) is 0 Å². The lowest BCUT2D eigenvalue weighted by Crippen LogP contribution is -2.29. The average molecular weight is 287 g/mol. The molecule has 0 saturated heterocycles. The molecule has 5 nitrogen and oxygen atoms in total. The summed E-state index contributed by atoms with van der Waals surface area (Å²) in [6, 6.07) is 9.53. The molecule has 1 aromatic heterocycles. The van der Waals surface area contributed by atoms with Crippen LogP contribution in [0.25, 0.3) is 11.3 Å². The lowest BCUT2D eigenvalue weighted by molar-refractivity contribution is 0.416. The van der Waals surface area contributed by atoms with Gasteiger partial charge in [0, 0.05) is 24.2 Å². The predicted molar refractivity (Wildman–Crippen MR) is 83.5 cm³/mol. The van der Waals surface area contributed by atoms with E-state index >= 15 is 0 Å². The summed E-state index contributed by atoms with van der Waals surface area (Å²) in [4.78, 5) is 12.3. The molecular formula is C16H21N3O2. The highest BCUT2D eigenvalue weighted by atomic mass is 16.5. The van der Waals surface area contributed by atoms with Gasteiger partial charge in [0.25, 0.3) is 5.56 Å². The van der Waals surface area contributed by atoms with E-state index in [1.165, 1.54) is 4.68 Å². The first-order chi connectivity index (χ1) is 10.2. The van der Waals surface area contributed by atoms with Crippen LogP contribution in [0.4, 0.5) is 0 Å². The van der Waals surface area contributed by atoms with Gasteiger partial charge in [-0.3, -0.25) is 4.79 Å². The minimum absolute atomic E-state index is 0.0444. The van der Waals surface area contributed by atoms with Crippen molar-refractivity contribution in [2.24, 2.45) is 0 Å². The van der Waals surface area contributed by atoms with Crippen molar-refractivity contribution in [1.82, 2.24) is 15.1 Å². The van der Waals surface area contributed by atoms with Gasteiger partial charge in [0.2, 0.25) is 0 Å². The van der Waals surface area contributed by atoms with Gasteiger partial charge in [-0.15, -0.1) is 0 Å². The highest BCUT2D eigenvalue weighted by molar-refractivity contribution is 5.67. The van der Waals surface area contributed by atoms with Gasteiger partial charge in [0.05, 0.1) is 12.8 Å². The molecule has 0 aliphatic carbocycles. The van der Waals surface area contributed by atoms with E-state index in [4.69, 9.17) is 4.74 Å². The van der Waals surface area contributed by atoms with Crippen LogP contribution < -0.4 is 15.6 Å². The Bertz CT molecular complexity index is 665. The standard InChI is InChI=1S/C16H21N3O2/c1-4-17-11-12-10-14(18-19(5-2)16(12)20)13-8-6-7-9-15(13)21-3/h6-10,17H,4-5,11H2,1-3H3. The third kappa shape index (κ3) is 3.31. The van der Waals surface area contributed by atoms with Crippen LogP contribution in [0.3, 0.4) is 0 Å². The first kappa shape index (κ1) is 15.3. The molecule has 1 heterocycles. The smallest absolute Gasteiger partial charge is 0.271 e. The molecule has 0 aliphatic rings. The van der Waals surface area contributed by atoms with Crippen molar-refractivity contribution in [1.29, 1.82) is 0 Å². The molecule has 112 valence electrons. The number of aryl methyl sites for hydroxylation is 1. The minimum Gasteiger partial charge on any atom is -0.496 e. The average Bonchev–Trinajstić information content (AvgIpc) is 2.53. The van der Waals surface area contributed by atoms with Crippen molar-refractivity contribution in [3.8, 4) is 17.0 Å². The van der Waals surface area contributed by atoms with Gasteiger partial charge >= 0.3 is 0 Å². The van der Waals surface area contributed by atoms with Crippen LogP contribution in [-0.2, 0) is 13.1 Å². The summed E-state index contributed by atoms with van der Waals surface area (Å²) in [6.07, 6.45) is 0. The third-order valence-electron chi connectivity index (χ3n) is 3.30. The van der Waals surface area contributed by atoms with Gasteiger partial charge < -0.3 is 10.1 Å². The molecule has 0 bridgehead atoms. The van der Waals surface area contributed by atoms with Gasteiger partial charge in [0.15, 0.2) is 0 Å². The number of hydrogen-bond acceptors (Lipinski definition) is 4. The number of nitrogens with zero attached hydrogens (tertiary/aromatic N) is 2. The van der Waals surface area contributed by atoms with Crippen molar-refractivity contribution in [3.05, 3.63) is 46.2 Å². The summed E-state index contributed by atoms with van der Waals surface area (Å²) in [7, 11) is 1.63. The van der Waals surface area contributed by atoms with E-state index in [-0.39, 0.29) is 5.56 Å². The molecule has 0 unspecified atom stereocenters. The number of rotatable bonds is 6. The molecular weight excluding hydrogens is 266 g/mol. The Balaban J connectivity index is 2.55. The van der Waals surface area contributed by atoms with Crippen LogP contribution in [0.1, 0.15) is 19.4 Å². The zero-order chi connectivity index (χ0) is 15.2. The van der Waals surface area contributed by atoms with Crippen LogP contribution in [0.5, 0.6) is 5.75 Å². The summed E-state index contributed by atoms with van der Waals surface area (Å²) in [5, 5.41) is 7.63. The third-order valence-corrected chi connectivity index (χ3v) is 3.30. The molecule has 0 spiro atoms. The van der Waals surface area contributed by atoms with Gasteiger partial charge in [-0.05, 0) is 31.7 Å². The van der Waals surface area contributed by atoms with Crippen LogP contribution >= 0.6 is 0 Å². The summed E-state index contributed by atoms with van der Waals surface area (Å²) < 4.78 is 6.88. The molecule has 0 saturated carbocycles. The van der Waals surface area contributed by atoms with Crippen molar-refractivity contribution in [2.45, 2.75) is 26.9 Å². The minimum atomic E-state index is -0.0444. The molecule has 0 amide bonds. The van der Waals surface area contributed by atoms with E-state index in [1.807, 2.05) is 44.2 Å². The van der Waals surface area contributed by atoms with Gasteiger partial charge in [0.1, 0.15) is 5.75 Å². The molecule has 0 fully saturated rings. The summed E-state index contributed by atoms with van der Waals surface area (Å²) in [5.74, 6) is 0.751. The molecule has 21 heavy (non-hydrogen) atoms. The van der Waals surface area contributed by atoms with Crippen LogP contribution in [0.15, 0.2) is 35.1 Å². The van der Waals surface area contributed by atoms with Gasteiger partial charge in [-0.1, -0.05) is 19.1 Å². The first-order valence-corrected chi connectivity index (χ1v) is 7.16. The van der Waals surface area contributed by atoms with Crippen molar-refractivity contribution < 1.29 is 4.74 Å². The quantitative estimate of drug-likeness (QED) is 0.883. The second kappa shape index (κ2) is 7.04. The number of methoxy groups -OCH3 is 1. The number of aromatic nitrogens is 2. The molecule has 2 rings (SSSR count). The second-order valence-corrected chi connectivity index (χ2v) is 4.66. The Morgan fingerprint density at radius 1 is 1.29 bits per heavy atom. The van der Waals surface area contributed by atoms with E-state index in [9.17, 15) is 4.79 Å². The van der Waals surface area contributed by atoms with Crippen LogP contribution in [-0.4, -0.2) is 23.4 Å². The van der Waals surface area contributed by atoms with Crippen molar-refractivity contribution >= 4 is 0 Å². The van der Waals surface area contributed by atoms with Crippen LogP contribution in [0, 0.1) is 0 Å². The fourth-order valence-corrected chi connectivity index (χ4v) is 2.19. The first-order valence-electron chi connectivity index (χ1n) is 7.16. The number of nitrogens with one attached hydrogen (secondary N) is 1. The molecule has 1 N–H and O–H groups in total. The zero-order valence-electron chi connectivity index (χ0n) is 12.7. The Morgan fingerprint density at radius 3 is 2.71 bits per heavy atom. The fourth-order valence-electron chi connectivity index (χ4n) is 2.19.